The molecule has 0 radical (unpaired) electrons. The highest BCUT2D eigenvalue weighted by atomic mass is 79.9. The Morgan fingerprint density at radius 3 is 2.48 bits per heavy atom. The van der Waals surface area contributed by atoms with Gasteiger partial charge >= 0.3 is 0 Å². The Morgan fingerprint density at radius 2 is 1.86 bits per heavy atom. The minimum atomic E-state index is -0.464. The van der Waals surface area contributed by atoms with Crippen LogP contribution in [0, 0.1) is 0 Å². The molecule has 1 saturated heterocycles. The molecule has 0 saturated carbocycles. The van der Waals surface area contributed by atoms with Gasteiger partial charge in [0.1, 0.15) is 18.5 Å². The van der Waals surface area contributed by atoms with E-state index in [0.717, 1.165) is 47.4 Å². The minimum absolute atomic E-state index is 0.314. The number of benzene rings is 1. The maximum atomic E-state index is 10.1. The molecule has 4 nitrogen and oxygen atoms in total. The molecule has 0 spiro atoms. The van der Waals surface area contributed by atoms with Crippen LogP contribution >= 0.6 is 31.9 Å². The van der Waals surface area contributed by atoms with Gasteiger partial charge < -0.3 is 14.7 Å². The summed E-state index contributed by atoms with van der Waals surface area (Å²) in [4.78, 5) is 4.73. The molecule has 1 aromatic rings. The monoisotopic (exact) mass is 420 g/mol. The molecule has 1 N–H and O–H groups in total. The third kappa shape index (κ3) is 5.53. The molecule has 1 aliphatic heterocycles. The number of hydrogen-bond donors (Lipinski definition) is 1. The SMILES string of the molecule is CCN1CCN(C[C@@H](O)COc2ccc(Br)cc2Br)CC1. The summed E-state index contributed by atoms with van der Waals surface area (Å²) in [5.74, 6) is 0.757. The van der Waals surface area contributed by atoms with Gasteiger partial charge in [0.15, 0.2) is 0 Å². The number of piperazine rings is 1. The molecule has 2 rings (SSSR count). The van der Waals surface area contributed by atoms with Crippen molar-refractivity contribution in [3.05, 3.63) is 27.1 Å². The number of ether oxygens (including phenoxy) is 1. The lowest BCUT2D eigenvalue weighted by Gasteiger charge is -2.34. The van der Waals surface area contributed by atoms with Gasteiger partial charge in [0.25, 0.3) is 0 Å². The smallest absolute Gasteiger partial charge is 0.133 e. The molecule has 1 atom stereocenters. The number of aliphatic hydroxyl groups is 1. The van der Waals surface area contributed by atoms with E-state index in [1.807, 2.05) is 18.2 Å². The first-order valence-electron chi connectivity index (χ1n) is 7.29. The molecule has 1 heterocycles. The van der Waals surface area contributed by atoms with Crippen LogP contribution in [0.2, 0.25) is 0 Å². The molecule has 1 aliphatic rings. The zero-order valence-electron chi connectivity index (χ0n) is 12.3. The van der Waals surface area contributed by atoms with Crippen LogP contribution < -0.4 is 4.74 Å². The molecule has 0 aliphatic carbocycles. The van der Waals surface area contributed by atoms with E-state index in [1.54, 1.807) is 0 Å². The predicted molar refractivity (Wildman–Crippen MR) is 91.9 cm³/mol. The summed E-state index contributed by atoms with van der Waals surface area (Å²) in [5, 5.41) is 10.1. The second-order valence-corrected chi connectivity index (χ2v) is 7.04. The number of aliphatic hydroxyl groups excluding tert-OH is 1. The molecule has 1 fully saturated rings. The van der Waals surface area contributed by atoms with Crippen molar-refractivity contribution in [3.8, 4) is 5.75 Å². The first-order chi connectivity index (χ1) is 10.1. The van der Waals surface area contributed by atoms with Crippen molar-refractivity contribution >= 4 is 31.9 Å². The highest BCUT2D eigenvalue weighted by Gasteiger charge is 2.18. The van der Waals surface area contributed by atoms with Gasteiger partial charge in [0.2, 0.25) is 0 Å². The van der Waals surface area contributed by atoms with Gasteiger partial charge in [-0.1, -0.05) is 22.9 Å². The topological polar surface area (TPSA) is 35.9 Å². The Morgan fingerprint density at radius 1 is 1.19 bits per heavy atom. The third-order valence-electron chi connectivity index (χ3n) is 3.71. The fraction of sp³-hybridized carbons (Fsp3) is 0.600. The first kappa shape index (κ1) is 17.2. The van der Waals surface area contributed by atoms with Crippen molar-refractivity contribution in [2.24, 2.45) is 0 Å². The van der Waals surface area contributed by atoms with E-state index in [2.05, 4.69) is 48.6 Å². The molecular weight excluding hydrogens is 400 g/mol. The van der Waals surface area contributed by atoms with Gasteiger partial charge in [0.05, 0.1) is 4.47 Å². The summed E-state index contributed by atoms with van der Waals surface area (Å²) in [5.41, 5.74) is 0. The lowest BCUT2D eigenvalue weighted by atomic mass is 10.2. The molecule has 0 aromatic heterocycles. The molecule has 6 heteroatoms. The van der Waals surface area contributed by atoms with E-state index >= 15 is 0 Å². The van der Waals surface area contributed by atoms with Crippen LogP contribution in [-0.2, 0) is 0 Å². The van der Waals surface area contributed by atoms with Gasteiger partial charge in [-0.2, -0.15) is 0 Å². The number of halogens is 2. The van der Waals surface area contributed by atoms with Crippen LogP contribution in [0.4, 0.5) is 0 Å². The Bertz CT molecular complexity index is 451. The third-order valence-corrected chi connectivity index (χ3v) is 4.82. The van der Waals surface area contributed by atoms with Gasteiger partial charge in [-0.15, -0.1) is 0 Å². The van der Waals surface area contributed by atoms with Gasteiger partial charge in [-0.05, 0) is 40.7 Å². The summed E-state index contributed by atoms with van der Waals surface area (Å²) in [6, 6.07) is 5.75. The zero-order chi connectivity index (χ0) is 15.2. The maximum absolute atomic E-state index is 10.1. The molecule has 0 unspecified atom stereocenters. The van der Waals surface area contributed by atoms with E-state index in [0.29, 0.717) is 13.2 Å². The minimum Gasteiger partial charge on any atom is -0.490 e. The molecule has 0 amide bonds. The summed E-state index contributed by atoms with van der Waals surface area (Å²) in [6.07, 6.45) is -0.464. The second-order valence-electron chi connectivity index (χ2n) is 5.27. The van der Waals surface area contributed by atoms with E-state index in [1.165, 1.54) is 0 Å². The Hall–Kier alpha value is -0.140. The van der Waals surface area contributed by atoms with E-state index < -0.39 is 6.10 Å². The van der Waals surface area contributed by atoms with Crippen LogP contribution in [0.5, 0.6) is 5.75 Å². The number of hydrogen-bond acceptors (Lipinski definition) is 4. The Labute approximate surface area is 143 Å². The quantitative estimate of drug-likeness (QED) is 0.765. The summed E-state index contributed by atoms with van der Waals surface area (Å²) >= 11 is 6.86. The van der Waals surface area contributed by atoms with Gasteiger partial charge in [-0.25, -0.2) is 0 Å². The molecule has 1 aromatic carbocycles. The molecule has 118 valence electrons. The van der Waals surface area contributed by atoms with E-state index in [4.69, 9.17) is 4.74 Å². The predicted octanol–water partition coefficient (Wildman–Crippen LogP) is 2.59. The van der Waals surface area contributed by atoms with E-state index in [-0.39, 0.29) is 0 Å². The van der Waals surface area contributed by atoms with Gasteiger partial charge in [-0.3, -0.25) is 4.90 Å². The molecule has 0 bridgehead atoms. The van der Waals surface area contributed by atoms with Crippen LogP contribution in [0.15, 0.2) is 27.1 Å². The number of β-amino-alcohol motifs (C(OH)–C–C–N with tert-alkyl or cyclic N) is 1. The summed E-state index contributed by atoms with van der Waals surface area (Å²) in [6.45, 7) is 8.50. The summed E-state index contributed by atoms with van der Waals surface area (Å²) in [7, 11) is 0. The maximum Gasteiger partial charge on any atom is 0.133 e. The highest BCUT2D eigenvalue weighted by molar-refractivity contribution is 9.11. The summed E-state index contributed by atoms with van der Waals surface area (Å²) < 4.78 is 7.57. The Kier molecular flexibility index (Phi) is 6.95. The lowest BCUT2D eigenvalue weighted by molar-refractivity contribution is 0.0469. The first-order valence-corrected chi connectivity index (χ1v) is 8.87. The zero-order valence-corrected chi connectivity index (χ0v) is 15.4. The van der Waals surface area contributed by atoms with Crippen LogP contribution in [-0.4, -0.2) is 66.9 Å². The standard InChI is InChI=1S/C15H22Br2N2O2/c1-2-18-5-7-19(8-6-18)10-13(20)11-21-15-4-3-12(16)9-14(15)17/h3-4,9,13,20H,2,5-8,10-11H2,1H3/t13-/m1/s1. The lowest BCUT2D eigenvalue weighted by Crippen LogP contribution is -2.49. The largest absolute Gasteiger partial charge is 0.490 e. The van der Waals surface area contributed by atoms with Crippen molar-refractivity contribution < 1.29 is 9.84 Å². The number of rotatable bonds is 6. The fourth-order valence-electron chi connectivity index (χ4n) is 2.42. The average molecular weight is 422 g/mol. The van der Waals surface area contributed by atoms with Crippen molar-refractivity contribution in [1.29, 1.82) is 0 Å². The highest BCUT2D eigenvalue weighted by Crippen LogP contribution is 2.28. The average Bonchev–Trinajstić information content (AvgIpc) is 2.47. The van der Waals surface area contributed by atoms with Crippen LogP contribution in [0.25, 0.3) is 0 Å². The Balaban J connectivity index is 1.73. The number of nitrogens with zero attached hydrogens (tertiary/aromatic N) is 2. The molecular formula is C15H22Br2N2O2. The fourth-order valence-corrected chi connectivity index (χ4v) is 3.58. The molecule has 21 heavy (non-hydrogen) atoms. The van der Waals surface area contributed by atoms with Crippen LogP contribution in [0.3, 0.4) is 0 Å². The second kappa shape index (κ2) is 8.48. The van der Waals surface area contributed by atoms with Crippen molar-refractivity contribution in [2.75, 3.05) is 45.9 Å². The van der Waals surface area contributed by atoms with Gasteiger partial charge in [0, 0.05) is 37.2 Å². The number of likely N-dealkylation sites (N-methyl/N-ethyl adjacent to an activating group) is 1. The normalized spacial score (nSPS) is 18.7. The van der Waals surface area contributed by atoms with E-state index in [9.17, 15) is 5.11 Å². The van der Waals surface area contributed by atoms with Crippen molar-refractivity contribution in [1.82, 2.24) is 9.80 Å². The van der Waals surface area contributed by atoms with Crippen molar-refractivity contribution in [3.63, 3.8) is 0 Å². The van der Waals surface area contributed by atoms with Crippen molar-refractivity contribution in [2.45, 2.75) is 13.0 Å². The van der Waals surface area contributed by atoms with Crippen LogP contribution in [0.1, 0.15) is 6.92 Å².